The number of hydrogen-bond donors (Lipinski definition) is 1. The standard InChI is InChI=1S/C14H16N2.C2H6/c1-16-10-13(11-6-8-15-9-7-11)12-4-2-3-5-14(12)16;1-2/h2-6,10,15H,7-9H2,1H3;1-2H3. The number of aryl methyl sites for hydroxylation is 1. The van der Waals surface area contributed by atoms with Crippen molar-refractivity contribution in [2.45, 2.75) is 20.3 Å². The van der Waals surface area contributed by atoms with Crippen LogP contribution in [0.15, 0.2) is 36.5 Å². The van der Waals surface area contributed by atoms with Crippen molar-refractivity contribution in [1.82, 2.24) is 9.88 Å². The second kappa shape index (κ2) is 5.87. The summed E-state index contributed by atoms with van der Waals surface area (Å²) < 4.78 is 2.22. The van der Waals surface area contributed by atoms with Crippen molar-refractivity contribution in [1.29, 1.82) is 0 Å². The lowest BCUT2D eigenvalue weighted by Gasteiger charge is -2.13. The van der Waals surface area contributed by atoms with Crippen LogP contribution in [0, 0.1) is 0 Å². The van der Waals surface area contributed by atoms with E-state index < -0.39 is 0 Å². The van der Waals surface area contributed by atoms with Gasteiger partial charge in [-0.3, -0.25) is 0 Å². The molecule has 2 nitrogen and oxygen atoms in total. The normalized spacial score (nSPS) is 14.9. The fourth-order valence-electron chi connectivity index (χ4n) is 2.46. The van der Waals surface area contributed by atoms with Crippen LogP contribution in [-0.4, -0.2) is 17.7 Å². The minimum Gasteiger partial charge on any atom is -0.350 e. The van der Waals surface area contributed by atoms with Crippen molar-refractivity contribution in [3.05, 3.63) is 42.1 Å². The smallest absolute Gasteiger partial charge is 0.0484 e. The Bertz CT molecular complexity index is 549. The monoisotopic (exact) mass is 242 g/mol. The summed E-state index contributed by atoms with van der Waals surface area (Å²) in [5, 5.41) is 4.73. The van der Waals surface area contributed by atoms with Gasteiger partial charge in [-0.15, -0.1) is 0 Å². The van der Waals surface area contributed by atoms with E-state index in [0.717, 1.165) is 19.5 Å². The van der Waals surface area contributed by atoms with Crippen LogP contribution in [-0.2, 0) is 7.05 Å². The highest BCUT2D eigenvalue weighted by molar-refractivity contribution is 5.93. The quantitative estimate of drug-likeness (QED) is 0.808. The molecule has 0 amide bonds. The van der Waals surface area contributed by atoms with E-state index in [9.17, 15) is 0 Å². The van der Waals surface area contributed by atoms with Gasteiger partial charge in [0.1, 0.15) is 0 Å². The van der Waals surface area contributed by atoms with E-state index in [-0.39, 0.29) is 0 Å². The van der Waals surface area contributed by atoms with Crippen molar-refractivity contribution < 1.29 is 0 Å². The zero-order valence-corrected chi connectivity index (χ0v) is 11.5. The summed E-state index contributed by atoms with van der Waals surface area (Å²) in [5.74, 6) is 0. The summed E-state index contributed by atoms with van der Waals surface area (Å²) >= 11 is 0. The van der Waals surface area contributed by atoms with Crippen molar-refractivity contribution in [2.75, 3.05) is 13.1 Å². The average Bonchev–Trinajstić information content (AvgIpc) is 2.80. The molecule has 0 fully saturated rings. The van der Waals surface area contributed by atoms with Gasteiger partial charge < -0.3 is 9.88 Å². The number of rotatable bonds is 1. The van der Waals surface area contributed by atoms with E-state index in [1.165, 1.54) is 22.0 Å². The molecular formula is C16H22N2. The minimum absolute atomic E-state index is 0.999. The summed E-state index contributed by atoms with van der Waals surface area (Å²) in [5.41, 5.74) is 4.20. The highest BCUT2D eigenvalue weighted by Crippen LogP contribution is 2.28. The first-order chi connectivity index (χ1) is 8.86. The van der Waals surface area contributed by atoms with Gasteiger partial charge >= 0.3 is 0 Å². The Morgan fingerprint density at radius 1 is 1.17 bits per heavy atom. The maximum atomic E-state index is 3.36. The van der Waals surface area contributed by atoms with E-state index in [0.29, 0.717) is 0 Å². The van der Waals surface area contributed by atoms with Gasteiger partial charge in [-0.1, -0.05) is 38.1 Å². The summed E-state index contributed by atoms with van der Waals surface area (Å²) in [4.78, 5) is 0. The number of para-hydroxylation sites is 1. The molecule has 0 spiro atoms. The van der Waals surface area contributed by atoms with Crippen LogP contribution >= 0.6 is 0 Å². The summed E-state index contributed by atoms with van der Waals surface area (Å²) in [7, 11) is 2.12. The lowest BCUT2D eigenvalue weighted by Crippen LogP contribution is -2.19. The molecule has 2 heterocycles. The molecule has 0 unspecified atom stereocenters. The Hall–Kier alpha value is -1.54. The third kappa shape index (κ3) is 2.34. The van der Waals surface area contributed by atoms with Crippen LogP contribution in [0.1, 0.15) is 25.8 Å². The van der Waals surface area contributed by atoms with E-state index in [2.05, 4.69) is 53.5 Å². The molecule has 1 aromatic heterocycles. The maximum Gasteiger partial charge on any atom is 0.0484 e. The van der Waals surface area contributed by atoms with E-state index >= 15 is 0 Å². The topological polar surface area (TPSA) is 17.0 Å². The first-order valence-electron chi connectivity index (χ1n) is 6.80. The van der Waals surface area contributed by atoms with Gasteiger partial charge in [-0.2, -0.15) is 0 Å². The van der Waals surface area contributed by atoms with Crippen LogP contribution in [0.25, 0.3) is 16.5 Å². The predicted molar refractivity (Wildman–Crippen MR) is 79.7 cm³/mol. The number of hydrogen-bond acceptors (Lipinski definition) is 1. The molecule has 1 aliphatic heterocycles. The van der Waals surface area contributed by atoms with Gasteiger partial charge in [0.25, 0.3) is 0 Å². The second-order valence-corrected chi connectivity index (χ2v) is 4.35. The highest BCUT2D eigenvalue weighted by atomic mass is 14.9. The number of nitrogens with zero attached hydrogens (tertiary/aromatic N) is 1. The summed E-state index contributed by atoms with van der Waals surface area (Å²) in [6, 6.07) is 8.62. The fraction of sp³-hybridized carbons (Fsp3) is 0.375. The molecule has 1 N–H and O–H groups in total. The van der Waals surface area contributed by atoms with Crippen molar-refractivity contribution >= 4 is 16.5 Å². The molecule has 2 heteroatoms. The van der Waals surface area contributed by atoms with Gasteiger partial charge in [0.05, 0.1) is 0 Å². The van der Waals surface area contributed by atoms with Crippen LogP contribution in [0.3, 0.4) is 0 Å². The lowest BCUT2D eigenvalue weighted by atomic mass is 10.00. The Labute approximate surface area is 109 Å². The third-order valence-electron chi connectivity index (χ3n) is 3.31. The Morgan fingerprint density at radius 3 is 2.67 bits per heavy atom. The van der Waals surface area contributed by atoms with Gasteiger partial charge in [0.15, 0.2) is 0 Å². The predicted octanol–water partition coefficient (Wildman–Crippen LogP) is 3.58. The van der Waals surface area contributed by atoms with Gasteiger partial charge in [0.2, 0.25) is 0 Å². The minimum atomic E-state index is 0.999. The van der Waals surface area contributed by atoms with Crippen LogP contribution in [0.4, 0.5) is 0 Å². The van der Waals surface area contributed by atoms with E-state index in [1.54, 1.807) is 0 Å². The molecule has 1 aliphatic rings. The van der Waals surface area contributed by atoms with E-state index in [4.69, 9.17) is 0 Å². The van der Waals surface area contributed by atoms with Crippen LogP contribution < -0.4 is 5.32 Å². The SMILES string of the molecule is CC.Cn1cc(C2=CCNCC2)c2ccccc21. The molecule has 1 aromatic carbocycles. The zero-order valence-electron chi connectivity index (χ0n) is 11.5. The molecule has 0 aliphatic carbocycles. The summed E-state index contributed by atoms with van der Waals surface area (Å²) in [6.45, 7) is 6.09. The maximum absolute atomic E-state index is 3.36. The van der Waals surface area contributed by atoms with Gasteiger partial charge in [0, 0.05) is 36.3 Å². The molecule has 0 radical (unpaired) electrons. The highest BCUT2D eigenvalue weighted by Gasteiger charge is 2.11. The zero-order chi connectivity index (χ0) is 13.0. The molecule has 0 atom stereocenters. The van der Waals surface area contributed by atoms with Crippen LogP contribution in [0.2, 0.25) is 0 Å². The number of benzene rings is 1. The van der Waals surface area contributed by atoms with Crippen LogP contribution in [0.5, 0.6) is 0 Å². The number of fused-ring (bicyclic) bond motifs is 1. The first-order valence-corrected chi connectivity index (χ1v) is 6.80. The molecule has 0 bridgehead atoms. The molecule has 96 valence electrons. The molecule has 2 aromatic rings. The largest absolute Gasteiger partial charge is 0.350 e. The molecule has 0 saturated heterocycles. The summed E-state index contributed by atoms with van der Waals surface area (Å²) in [6.07, 6.45) is 5.70. The Kier molecular flexibility index (Phi) is 4.21. The second-order valence-electron chi connectivity index (χ2n) is 4.35. The fourth-order valence-corrected chi connectivity index (χ4v) is 2.46. The van der Waals surface area contributed by atoms with Crippen molar-refractivity contribution in [3.8, 4) is 0 Å². The Balaban J connectivity index is 0.000000574. The average molecular weight is 242 g/mol. The lowest BCUT2D eigenvalue weighted by molar-refractivity contribution is 0.738. The molecule has 18 heavy (non-hydrogen) atoms. The number of nitrogens with one attached hydrogen (secondary N) is 1. The molecule has 0 saturated carbocycles. The third-order valence-corrected chi connectivity index (χ3v) is 3.31. The molecule has 3 rings (SSSR count). The molecular weight excluding hydrogens is 220 g/mol. The van der Waals surface area contributed by atoms with Crippen molar-refractivity contribution in [3.63, 3.8) is 0 Å². The first kappa shape index (κ1) is 12.9. The van der Waals surface area contributed by atoms with Gasteiger partial charge in [-0.05, 0) is 24.6 Å². The van der Waals surface area contributed by atoms with Crippen molar-refractivity contribution in [2.24, 2.45) is 7.05 Å². The Morgan fingerprint density at radius 2 is 1.94 bits per heavy atom. The number of aromatic nitrogens is 1. The van der Waals surface area contributed by atoms with Gasteiger partial charge in [-0.25, -0.2) is 0 Å². The van der Waals surface area contributed by atoms with E-state index in [1.807, 2.05) is 13.8 Å².